The molecule has 7 heteroatoms. The number of rotatable bonds is 12. The third-order valence-electron chi connectivity index (χ3n) is 12.2. The number of anilines is 2. The molecule has 6 rings (SSSR count). The summed E-state index contributed by atoms with van der Waals surface area (Å²) in [6.45, 7) is 24.3. The summed E-state index contributed by atoms with van der Waals surface area (Å²) in [6, 6.07) is 32.6. The van der Waals surface area contributed by atoms with Crippen LogP contribution >= 0.6 is 0 Å². The molecular formula is C52H67BIrN3O2-. The maximum Gasteiger partial charge on any atom is 0.411 e. The third-order valence-corrected chi connectivity index (χ3v) is 12.2. The number of aromatic nitrogens is 1. The van der Waals surface area contributed by atoms with E-state index < -0.39 is 0 Å². The van der Waals surface area contributed by atoms with Crippen LogP contribution in [0.2, 0.25) is 0 Å². The number of pyridine rings is 1. The van der Waals surface area contributed by atoms with E-state index in [1.807, 2.05) is 33.9 Å². The fourth-order valence-electron chi connectivity index (χ4n) is 8.63. The number of fused-ring (bicyclic) bond motifs is 2. The van der Waals surface area contributed by atoms with Gasteiger partial charge in [-0.05, 0) is 103 Å². The second-order valence-electron chi connectivity index (χ2n) is 17.8. The summed E-state index contributed by atoms with van der Waals surface area (Å²) in [7, 11) is 4.48. The Balaban J connectivity index is 0.000000411. The van der Waals surface area contributed by atoms with Crippen molar-refractivity contribution < 1.29 is 30.0 Å². The van der Waals surface area contributed by atoms with Crippen molar-refractivity contribution in [1.82, 2.24) is 4.98 Å². The Kier molecular flexibility index (Phi) is 16.4. The Morgan fingerprint density at radius 3 is 1.92 bits per heavy atom. The van der Waals surface area contributed by atoms with Crippen molar-refractivity contribution in [2.24, 2.45) is 11.8 Å². The minimum atomic E-state index is 0. The Hall–Kier alpha value is -4.19. The van der Waals surface area contributed by atoms with Crippen molar-refractivity contribution in [1.29, 1.82) is 0 Å². The number of aliphatic hydroxyl groups is 1. The molecule has 0 saturated heterocycles. The molecule has 0 spiro atoms. The molecule has 1 radical (unpaired) electrons. The molecule has 315 valence electrons. The summed E-state index contributed by atoms with van der Waals surface area (Å²) in [5.41, 5.74) is 12.5. The van der Waals surface area contributed by atoms with Gasteiger partial charge >= 0.3 is 6.98 Å². The average Bonchev–Trinajstić information content (AvgIpc) is 3.45. The van der Waals surface area contributed by atoms with E-state index in [9.17, 15) is 9.90 Å². The monoisotopic (exact) mass is 969 g/mol. The van der Waals surface area contributed by atoms with Crippen LogP contribution in [0.5, 0.6) is 0 Å². The number of hydrogen-bond acceptors (Lipinski definition) is 5. The van der Waals surface area contributed by atoms with Gasteiger partial charge in [-0.2, -0.15) is 0 Å². The molecule has 0 fully saturated rings. The minimum absolute atomic E-state index is 0. The summed E-state index contributed by atoms with van der Waals surface area (Å²) in [6.07, 6.45) is 6.84. The van der Waals surface area contributed by atoms with E-state index in [1.165, 1.54) is 50.6 Å². The molecule has 0 bridgehead atoms. The van der Waals surface area contributed by atoms with Crippen molar-refractivity contribution in [2.45, 2.75) is 119 Å². The van der Waals surface area contributed by atoms with E-state index in [4.69, 9.17) is 4.98 Å². The van der Waals surface area contributed by atoms with Gasteiger partial charge in [0.1, 0.15) is 0 Å². The van der Waals surface area contributed by atoms with Crippen molar-refractivity contribution >= 4 is 40.4 Å². The predicted molar refractivity (Wildman–Crippen MR) is 251 cm³/mol. The van der Waals surface area contributed by atoms with Gasteiger partial charge in [-0.3, -0.25) is 9.78 Å². The van der Waals surface area contributed by atoms with Crippen LogP contribution in [0.4, 0.5) is 11.4 Å². The molecule has 0 aliphatic carbocycles. The van der Waals surface area contributed by atoms with Gasteiger partial charge in [-0.1, -0.05) is 136 Å². The Labute approximate surface area is 370 Å². The summed E-state index contributed by atoms with van der Waals surface area (Å²) in [5, 5.41) is 12.2. The number of carbonyl (C=O) groups excluding carboxylic acids is 1. The predicted octanol–water partition coefficient (Wildman–Crippen LogP) is 13.1. The second-order valence-corrected chi connectivity index (χ2v) is 17.8. The summed E-state index contributed by atoms with van der Waals surface area (Å²) in [5.74, 6) is 1.46. The largest absolute Gasteiger partial charge is 0.512 e. The van der Waals surface area contributed by atoms with Crippen LogP contribution in [0.15, 0.2) is 96.9 Å². The van der Waals surface area contributed by atoms with Crippen molar-refractivity contribution in [3.05, 3.63) is 120 Å². The quantitative estimate of drug-likeness (QED) is 0.0584. The fourth-order valence-corrected chi connectivity index (χ4v) is 8.63. The molecule has 0 amide bonds. The molecule has 5 aromatic rings. The van der Waals surface area contributed by atoms with Gasteiger partial charge in [0.2, 0.25) is 0 Å². The first-order chi connectivity index (χ1) is 27.6. The average molecular weight is 969 g/mol. The first-order valence-corrected chi connectivity index (χ1v) is 21.6. The molecule has 5 nitrogen and oxygen atoms in total. The van der Waals surface area contributed by atoms with Gasteiger partial charge in [-0.25, -0.2) is 0 Å². The van der Waals surface area contributed by atoms with Gasteiger partial charge in [0.25, 0.3) is 0 Å². The second kappa shape index (κ2) is 20.4. The van der Waals surface area contributed by atoms with Crippen LogP contribution < -0.4 is 15.1 Å². The number of allylic oxidation sites excluding steroid dienone is 2. The van der Waals surface area contributed by atoms with Crippen LogP contribution in [0, 0.1) is 17.9 Å². The molecule has 0 atom stereocenters. The van der Waals surface area contributed by atoms with Crippen molar-refractivity contribution in [3.63, 3.8) is 0 Å². The zero-order valence-corrected chi connectivity index (χ0v) is 40.3. The molecular weight excluding hydrogens is 902 g/mol. The Morgan fingerprint density at radius 1 is 0.763 bits per heavy atom. The van der Waals surface area contributed by atoms with Crippen molar-refractivity contribution in [3.8, 4) is 22.4 Å². The van der Waals surface area contributed by atoms with E-state index >= 15 is 0 Å². The number of nitrogens with zero attached hydrogens (tertiary/aromatic N) is 3. The van der Waals surface area contributed by atoms with E-state index in [0.29, 0.717) is 11.8 Å². The third kappa shape index (κ3) is 10.4. The maximum absolute atomic E-state index is 11.7. The molecule has 0 saturated carbocycles. The molecule has 1 aliphatic rings. The number of aliphatic hydroxyl groups excluding tert-OH is 1. The van der Waals surface area contributed by atoms with Gasteiger partial charge in [0, 0.05) is 61.3 Å². The summed E-state index contributed by atoms with van der Waals surface area (Å²) in [4.78, 5) is 21.4. The number of carbonyl (C=O) groups is 1. The van der Waals surface area contributed by atoms with E-state index in [1.54, 1.807) is 0 Å². The first kappa shape index (κ1) is 47.5. The molecule has 2 heterocycles. The van der Waals surface area contributed by atoms with Crippen LogP contribution in [0.1, 0.15) is 130 Å². The zero-order valence-electron chi connectivity index (χ0n) is 37.9. The van der Waals surface area contributed by atoms with Crippen LogP contribution in [0.25, 0.3) is 33.2 Å². The molecule has 1 aliphatic heterocycles. The van der Waals surface area contributed by atoms with E-state index in [2.05, 4.69) is 157 Å². The smallest absolute Gasteiger partial charge is 0.411 e. The van der Waals surface area contributed by atoms with Gasteiger partial charge in [0.05, 0.1) is 5.76 Å². The fraction of sp³-hybridized carbons (Fsp3) is 0.423. The number of hydrogen-bond donors (Lipinski definition) is 1. The standard InChI is InChI=1S/C39H43BN3.C13H24O2.Ir/c1-25(2)31-15-12-16-32(26(3)4)38(31)40-42(8)36-18-17-27(24-37(36)43(40)9)28-19-20-41-35(23-28)30-21-29-13-10-11-14-33(29)34(22-30)39(5,6)7;1-5-10(6-2)12(14)9-13(15)11(7-3)8-4;/h10-20,22-26H,1-9H3;9-11,14H,5-8H2,1-4H3;/q-1;;/b;12-9-;. The minimum Gasteiger partial charge on any atom is -0.512 e. The van der Waals surface area contributed by atoms with Crippen LogP contribution in [-0.2, 0) is 30.3 Å². The Morgan fingerprint density at radius 2 is 1.34 bits per heavy atom. The normalized spacial score (nSPS) is 13.0. The first-order valence-electron chi connectivity index (χ1n) is 21.6. The summed E-state index contributed by atoms with van der Waals surface area (Å²) < 4.78 is 0. The maximum atomic E-state index is 11.7. The number of ketones is 1. The van der Waals surface area contributed by atoms with Crippen LogP contribution in [-0.4, -0.2) is 37.0 Å². The Bertz CT molecular complexity index is 2210. The summed E-state index contributed by atoms with van der Waals surface area (Å²) >= 11 is 0. The van der Waals surface area contributed by atoms with Crippen LogP contribution in [0.3, 0.4) is 0 Å². The molecule has 1 aromatic heterocycles. The van der Waals surface area contributed by atoms with Gasteiger partial charge in [-0.15, -0.1) is 29.1 Å². The van der Waals surface area contributed by atoms with Gasteiger partial charge in [0.15, 0.2) is 5.78 Å². The molecule has 59 heavy (non-hydrogen) atoms. The number of benzene rings is 4. The molecule has 0 unspecified atom stereocenters. The molecule has 1 N–H and O–H groups in total. The SMILES string of the molecule is CC(C)c1cccc(C(C)C)c1B1N(C)c2ccc(-c3ccnc(-c4[c-]c5ccccc5c(C(C)(C)C)c4)c3)cc2N1C.CCC(CC)C(=O)/C=C(\O)C(CC)CC.[Ir]. The zero-order chi connectivity index (χ0) is 42.5. The van der Waals surface area contributed by atoms with Crippen molar-refractivity contribution in [2.75, 3.05) is 23.7 Å². The molecule has 4 aromatic carbocycles. The van der Waals surface area contributed by atoms with E-state index in [0.717, 1.165) is 47.9 Å². The topological polar surface area (TPSA) is 56.7 Å². The van der Waals surface area contributed by atoms with E-state index in [-0.39, 0.29) is 55.9 Å². The van der Waals surface area contributed by atoms with Gasteiger partial charge < -0.3 is 14.7 Å².